The molecule has 15 heavy (non-hydrogen) atoms. The van der Waals surface area contributed by atoms with Crippen LogP contribution >= 0.6 is 0 Å². The van der Waals surface area contributed by atoms with E-state index in [4.69, 9.17) is 16.7 Å². The van der Waals surface area contributed by atoms with Gasteiger partial charge in [-0.05, 0) is 37.1 Å². The van der Waals surface area contributed by atoms with Crippen LogP contribution in [0.15, 0.2) is 24.3 Å². The van der Waals surface area contributed by atoms with E-state index in [2.05, 4.69) is 6.07 Å². The minimum atomic E-state index is 0.0595. The Morgan fingerprint density at radius 1 is 1.20 bits per heavy atom. The number of hydrogen-bond donors (Lipinski definition) is 2. The van der Waals surface area contributed by atoms with Gasteiger partial charge < -0.3 is 11.5 Å². The summed E-state index contributed by atoms with van der Waals surface area (Å²) < 4.78 is 0. The summed E-state index contributed by atoms with van der Waals surface area (Å²) in [6, 6.07) is 9.60. The minimum Gasteiger partial charge on any atom is -0.330 e. The van der Waals surface area contributed by atoms with Crippen molar-refractivity contribution in [2.45, 2.75) is 25.3 Å². The molecule has 0 aromatic heterocycles. The van der Waals surface area contributed by atoms with E-state index in [1.807, 2.05) is 12.1 Å². The largest absolute Gasteiger partial charge is 0.330 e. The Hall–Kier alpha value is -1.37. The minimum absolute atomic E-state index is 0.0595. The molecule has 0 fully saturated rings. The van der Waals surface area contributed by atoms with Crippen LogP contribution in [0.25, 0.3) is 0 Å². The lowest BCUT2D eigenvalue weighted by Gasteiger charge is -2.11. The molecule has 0 spiro atoms. The maximum atomic E-state index is 8.65. The Labute approximate surface area is 90.7 Å². The number of rotatable bonds is 5. The van der Waals surface area contributed by atoms with Crippen LogP contribution in [-0.2, 0) is 0 Å². The van der Waals surface area contributed by atoms with Crippen LogP contribution < -0.4 is 11.5 Å². The highest BCUT2D eigenvalue weighted by Gasteiger charge is 2.04. The molecule has 3 nitrogen and oxygen atoms in total. The molecule has 80 valence electrons. The number of unbranched alkanes of at least 4 members (excludes halogenated alkanes) is 1. The standard InChI is InChI=1S/C12H17N3/c13-8-2-1-3-12(15)11-6-4-10(9-14)5-7-11/h4-7,12H,1-3,8,13,15H2/t12-/m0/s1. The first kappa shape index (κ1) is 11.7. The van der Waals surface area contributed by atoms with Crippen LogP contribution in [0.2, 0.25) is 0 Å². The molecule has 0 heterocycles. The number of nitrogens with zero attached hydrogens (tertiary/aromatic N) is 1. The van der Waals surface area contributed by atoms with Gasteiger partial charge in [-0.1, -0.05) is 18.6 Å². The molecule has 1 atom stereocenters. The van der Waals surface area contributed by atoms with Crippen LogP contribution in [0, 0.1) is 11.3 Å². The topological polar surface area (TPSA) is 75.8 Å². The maximum absolute atomic E-state index is 8.65. The third-order valence-electron chi connectivity index (χ3n) is 2.44. The van der Waals surface area contributed by atoms with Gasteiger partial charge in [0.15, 0.2) is 0 Å². The first-order chi connectivity index (χ1) is 7.27. The third kappa shape index (κ3) is 3.70. The molecule has 0 amide bonds. The lowest BCUT2D eigenvalue weighted by atomic mass is 10.0. The summed E-state index contributed by atoms with van der Waals surface area (Å²) in [5, 5.41) is 8.65. The highest BCUT2D eigenvalue weighted by Crippen LogP contribution is 2.16. The monoisotopic (exact) mass is 203 g/mol. The van der Waals surface area contributed by atoms with Crippen molar-refractivity contribution in [3.63, 3.8) is 0 Å². The van der Waals surface area contributed by atoms with Gasteiger partial charge in [0, 0.05) is 6.04 Å². The predicted octanol–water partition coefficient (Wildman–Crippen LogP) is 1.69. The summed E-state index contributed by atoms with van der Waals surface area (Å²) in [5.74, 6) is 0. The Kier molecular flexibility index (Phi) is 4.82. The second kappa shape index (κ2) is 6.18. The first-order valence-corrected chi connectivity index (χ1v) is 5.23. The lowest BCUT2D eigenvalue weighted by molar-refractivity contribution is 0.591. The average Bonchev–Trinajstić information content (AvgIpc) is 2.29. The third-order valence-corrected chi connectivity index (χ3v) is 2.44. The molecule has 1 rings (SSSR count). The molecule has 0 bridgehead atoms. The van der Waals surface area contributed by atoms with Crippen molar-refractivity contribution in [1.29, 1.82) is 5.26 Å². The fraction of sp³-hybridized carbons (Fsp3) is 0.417. The van der Waals surface area contributed by atoms with E-state index in [-0.39, 0.29) is 6.04 Å². The van der Waals surface area contributed by atoms with Crippen molar-refractivity contribution >= 4 is 0 Å². The maximum Gasteiger partial charge on any atom is 0.0991 e. The van der Waals surface area contributed by atoms with Crippen LogP contribution in [0.1, 0.15) is 36.4 Å². The van der Waals surface area contributed by atoms with Crippen molar-refractivity contribution in [1.82, 2.24) is 0 Å². The quantitative estimate of drug-likeness (QED) is 0.715. The van der Waals surface area contributed by atoms with Crippen molar-refractivity contribution in [3.8, 4) is 6.07 Å². The molecule has 0 saturated heterocycles. The molecule has 0 saturated carbocycles. The van der Waals surface area contributed by atoms with E-state index in [1.165, 1.54) is 0 Å². The van der Waals surface area contributed by atoms with Gasteiger partial charge in [0.25, 0.3) is 0 Å². The highest BCUT2D eigenvalue weighted by molar-refractivity contribution is 5.32. The Bertz CT molecular complexity index is 324. The van der Waals surface area contributed by atoms with Crippen LogP contribution in [0.4, 0.5) is 0 Å². The highest BCUT2D eigenvalue weighted by atomic mass is 14.6. The predicted molar refractivity (Wildman–Crippen MR) is 61.0 cm³/mol. The summed E-state index contributed by atoms with van der Waals surface area (Å²) in [4.78, 5) is 0. The molecule has 0 aliphatic heterocycles. The van der Waals surface area contributed by atoms with Crippen molar-refractivity contribution < 1.29 is 0 Å². The van der Waals surface area contributed by atoms with Gasteiger partial charge in [0.05, 0.1) is 11.6 Å². The summed E-state index contributed by atoms with van der Waals surface area (Å²) in [5.41, 5.74) is 13.2. The Morgan fingerprint density at radius 2 is 1.87 bits per heavy atom. The SMILES string of the molecule is N#Cc1ccc([C@@H](N)CCCCN)cc1. The van der Waals surface area contributed by atoms with Crippen molar-refractivity contribution in [3.05, 3.63) is 35.4 Å². The zero-order chi connectivity index (χ0) is 11.1. The van der Waals surface area contributed by atoms with Gasteiger partial charge >= 0.3 is 0 Å². The lowest BCUT2D eigenvalue weighted by Crippen LogP contribution is -2.11. The zero-order valence-corrected chi connectivity index (χ0v) is 8.82. The summed E-state index contributed by atoms with van der Waals surface area (Å²) in [6.07, 6.45) is 3.02. The molecule has 1 aromatic carbocycles. The fourth-order valence-electron chi connectivity index (χ4n) is 1.48. The van der Waals surface area contributed by atoms with E-state index < -0.39 is 0 Å². The van der Waals surface area contributed by atoms with Gasteiger partial charge in [-0.25, -0.2) is 0 Å². The molecule has 0 unspecified atom stereocenters. The van der Waals surface area contributed by atoms with Gasteiger partial charge in [0.2, 0.25) is 0 Å². The summed E-state index contributed by atoms with van der Waals surface area (Å²) >= 11 is 0. The second-order valence-corrected chi connectivity index (χ2v) is 3.62. The normalized spacial score (nSPS) is 12.1. The molecule has 4 N–H and O–H groups in total. The van der Waals surface area contributed by atoms with Crippen LogP contribution in [0.3, 0.4) is 0 Å². The van der Waals surface area contributed by atoms with E-state index in [1.54, 1.807) is 12.1 Å². The van der Waals surface area contributed by atoms with E-state index in [0.717, 1.165) is 31.4 Å². The van der Waals surface area contributed by atoms with Crippen LogP contribution in [-0.4, -0.2) is 6.54 Å². The second-order valence-electron chi connectivity index (χ2n) is 3.62. The Morgan fingerprint density at radius 3 is 2.40 bits per heavy atom. The molecular formula is C12H17N3. The average molecular weight is 203 g/mol. The van der Waals surface area contributed by atoms with Crippen LogP contribution in [0.5, 0.6) is 0 Å². The van der Waals surface area contributed by atoms with Gasteiger partial charge in [-0.3, -0.25) is 0 Å². The molecule has 3 heteroatoms. The summed E-state index contributed by atoms with van der Waals surface area (Å²) in [7, 11) is 0. The number of nitriles is 1. The van der Waals surface area contributed by atoms with Gasteiger partial charge in [0.1, 0.15) is 0 Å². The molecule has 0 radical (unpaired) electrons. The van der Waals surface area contributed by atoms with Gasteiger partial charge in [-0.2, -0.15) is 5.26 Å². The number of benzene rings is 1. The summed E-state index contributed by atoms with van der Waals surface area (Å²) in [6.45, 7) is 0.722. The molecular weight excluding hydrogens is 186 g/mol. The van der Waals surface area contributed by atoms with Gasteiger partial charge in [-0.15, -0.1) is 0 Å². The molecule has 0 aliphatic carbocycles. The fourth-order valence-corrected chi connectivity index (χ4v) is 1.48. The smallest absolute Gasteiger partial charge is 0.0991 e. The Balaban J connectivity index is 2.51. The van der Waals surface area contributed by atoms with E-state index >= 15 is 0 Å². The van der Waals surface area contributed by atoms with E-state index in [0.29, 0.717) is 5.56 Å². The van der Waals surface area contributed by atoms with Crippen molar-refractivity contribution in [2.24, 2.45) is 11.5 Å². The van der Waals surface area contributed by atoms with E-state index in [9.17, 15) is 0 Å². The first-order valence-electron chi connectivity index (χ1n) is 5.23. The molecule has 1 aromatic rings. The zero-order valence-electron chi connectivity index (χ0n) is 8.82. The van der Waals surface area contributed by atoms with Crippen molar-refractivity contribution in [2.75, 3.05) is 6.54 Å². The number of hydrogen-bond acceptors (Lipinski definition) is 3. The molecule has 0 aliphatic rings. The number of nitrogens with two attached hydrogens (primary N) is 2.